The Bertz CT molecular complexity index is 388. The van der Waals surface area contributed by atoms with E-state index in [0.717, 1.165) is 35.8 Å². The van der Waals surface area contributed by atoms with Crippen LogP contribution in [-0.4, -0.2) is 26.2 Å². The average molecular weight is 285 g/mol. The number of benzene rings is 1. The molecule has 0 fully saturated rings. The minimum Gasteiger partial charge on any atom is -0.493 e. The molecule has 0 unspecified atom stereocenters. The quantitative estimate of drug-likeness (QED) is 0.757. The van der Waals surface area contributed by atoms with Gasteiger partial charge in [-0.25, -0.2) is 0 Å². The summed E-state index contributed by atoms with van der Waals surface area (Å²) >= 11 is 6.06. The summed E-state index contributed by atoms with van der Waals surface area (Å²) in [6.07, 6.45) is 0.964. The third-order valence-electron chi connectivity index (χ3n) is 2.83. The second-order valence-corrected chi connectivity index (χ2v) is 6.07. The van der Waals surface area contributed by atoms with Gasteiger partial charge in [-0.1, -0.05) is 32.4 Å². The number of nitrogens with two attached hydrogens (primary N) is 1. The maximum Gasteiger partial charge on any atom is 0.123 e. The maximum atomic E-state index is 6.06. The van der Waals surface area contributed by atoms with Crippen molar-refractivity contribution in [3.63, 3.8) is 0 Å². The second-order valence-electron chi connectivity index (χ2n) is 5.63. The fraction of sp³-hybridized carbons (Fsp3) is 0.600. The fourth-order valence-electron chi connectivity index (χ4n) is 1.82. The van der Waals surface area contributed by atoms with Gasteiger partial charge in [-0.05, 0) is 36.6 Å². The van der Waals surface area contributed by atoms with Gasteiger partial charge in [-0.3, -0.25) is 0 Å². The molecule has 0 bridgehead atoms. The highest BCUT2D eigenvalue weighted by molar-refractivity contribution is 6.30. The summed E-state index contributed by atoms with van der Waals surface area (Å²) in [7, 11) is 0. The zero-order valence-electron chi connectivity index (χ0n) is 12.1. The first-order valence-corrected chi connectivity index (χ1v) is 7.16. The highest BCUT2D eigenvalue weighted by Gasteiger charge is 2.19. The molecule has 1 aromatic carbocycles. The van der Waals surface area contributed by atoms with Crippen LogP contribution in [0.3, 0.4) is 0 Å². The standard InChI is InChI=1S/C15H25ClN2O/c1-15(2,3)13-11-12(16)5-6-14(13)19-10-4-8-18-9-7-17/h5-6,11,18H,4,7-10,17H2,1-3H3. The molecule has 108 valence electrons. The van der Waals surface area contributed by atoms with Gasteiger partial charge >= 0.3 is 0 Å². The van der Waals surface area contributed by atoms with E-state index in [1.54, 1.807) is 0 Å². The van der Waals surface area contributed by atoms with Crippen LogP contribution in [0.1, 0.15) is 32.8 Å². The van der Waals surface area contributed by atoms with Crippen LogP contribution in [-0.2, 0) is 5.41 Å². The summed E-state index contributed by atoms with van der Waals surface area (Å²) in [6.45, 7) is 9.63. The number of hydrogen-bond acceptors (Lipinski definition) is 3. The summed E-state index contributed by atoms with van der Waals surface area (Å²) in [6, 6.07) is 5.82. The van der Waals surface area contributed by atoms with E-state index in [0.29, 0.717) is 13.2 Å². The van der Waals surface area contributed by atoms with Crippen molar-refractivity contribution in [2.75, 3.05) is 26.2 Å². The second kappa shape index (κ2) is 7.73. The van der Waals surface area contributed by atoms with E-state index in [1.807, 2.05) is 18.2 Å². The Balaban J connectivity index is 2.54. The molecule has 3 N–H and O–H groups in total. The first kappa shape index (κ1) is 16.3. The largest absolute Gasteiger partial charge is 0.493 e. The predicted molar refractivity (Wildman–Crippen MR) is 82.2 cm³/mol. The molecule has 1 aromatic rings. The van der Waals surface area contributed by atoms with Crippen LogP contribution in [0.2, 0.25) is 5.02 Å². The van der Waals surface area contributed by atoms with Crippen LogP contribution in [0.4, 0.5) is 0 Å². The Labute approximate surface area is 121 Å². The summed E-state index contributed by atoms with van der Waals surface area (Å²) in [4.78, 5) is 0. The van der Waals surface area contributed by atoms with Crippen LogP contribution in [0, 0.1) is 0 Å². The van der Waals surface area contributed by atoms with E-state index < -0.39 is 0 Å². The predicted octanol–water partition coefficient (Wildman–Crippen LogP) is 2.95. The van der Waals surface area contributed by atoms with E-state index in [9.17, 15) is 0 Å². The third-order valence-corrected chi connectivity index (χ3v) is 3.06. The van der Waals surface area contributed by atoms with Gasteiger partial charge in [0.2, 0.25) is 0 Å². The zero-order valence-corrected chi connectivity index (χ0v) is 12.9. The normalized spacial score (nSPS) is 11.6. The minimum atomic E-state index is 0.0258. The smallest absolute Gasteiger partial charge is 0.123 e. The van der Waals surface area contributed by atoms with Crippen LogP contribution in [0.15, 0.2) is 18.2 Å². The molecule has 0 amide bonds. The van der Waals surface area contributed by atoms with Crippen molar-refractivity contribution in [2.24, 2.45) is 5.73 Å². The van der Waals surface area contributed by atoms with Crippen molar-refractivity contribution >= 4 is 11.6 Å². The average Bonchev–Trinajstić information content (AvgIpc) is 2.34. The van der Waals surface area contributed by atoms with Gasteiger partial charge in [0, 0.05) is 23.7 Å². The monoisotopic (exact) mass is 284 g/mol. The first-order valence-electron chi connectivity index (χ1n) is 6.79. The topological polar surface area (TPSA) is 47.3 Å². The number of nitrogens with one attached hydrogen (secondary N) is 1. The summed E-state index contributed by atoms with van der Waals surface area (Å²) in [5.74, 6) is 0.927. The Kier molecular flexibility index (Phi) is 6.63. The van der Waals surface area contributed by atoms with E-state index in [2.05, 4.69) is 26.1 Å². The molecule has 0 saturated heterocycles. The van der Waals surface area contributed by atoms with Gasteiger partial charge in [-0.15, -0.1) is 0 Å². The van der Waals surface area contributed by atoms with E-state index in [-0.39, 0.29) is 5.41 Å². The fourth-order valence-corrected chi connectivity index (χ4v) is 1.99. The number of halogens is 1. The van der Waals surface area contributed by atoms with Crippen molar-refractivity contribution in [1.82, 2.24) is 5.32 Å². The number of hydrogen-bond donors (Lipinski definition) is 2. The molecule has 0 spiro atoms. The molecule has 0 aliphatic carbocycles. The van der Waals surface area contributed by atoms with Gasteiger partial charge in [0.05, 0.1) is 6.61 Å². The van der Waals surface area contributed by atoms with E-state index >= 15 is 0 Å². The molecule has 3 nitrogen and oxygen atoms in total. The first-order chi connectivity index (χ1) is 8.95. The molecule has 0 heterocycles. The van der Waals surface area contributed by atoms with Gasteiger partial charge in [-0.2, -0.15) is 0 Å². The molecule has 0 aliphatic rings. The van der Waals surface area contributed by atoms with Gasteiger partial charge < -0.3 is 15.8 Å². The highest BCUT2D eigenvalue weighted by atomic mass is 35.5. The van der Waals surface area contributed by atoms with Crippen molar-refractivity contribution in [3.05, 3.63) is 28.8 Å². The van der Waals surface area contributed by atoms with Crippen LogP contribution in [0.25, 0.3) is 0 Å². The highest BCUT2D eigenvalue weighted by Crippen LogP contribution is 2.33. The maximum absolute atomic E-state index is 6.06. The Morgan fingerprint density at radius 3 is 2.63 bits per heavy atom. The molecule has 0 saturated carbocycles. The lowest BCUT2D eigenvalue weighted by Crippen LogP contribution is -2.24. The molecule has 0 aliphatic heterocycles. The van der Waals surface area contributed by atoms with Gasteiger partial charge in [0.1, 0.15) is 5.75 Å². The summed E-state index contributed by atoms with van der Waals surface area (Å²) in [5.41, 5.74) is 6.58. The zero-order chi connectivity index (χ0) is 14.3. The van der Waals surface area contributed by atoms with Crippen LogP contribution >= 0.6 is 11.6 Å². The molecular formula is C15H25ClN2O. The number of rotatable bonds is 7. The molecule has 0 radical (unpaired) electrons. The number of ether oxygens (including phenoxy) is 1. The van der Waals surface area contributed by atoms with E-state index in [1.165, 1.54) is 0 Å². The minimum absolute atomic E-state index is 0.0258. The van der Waals surface area contributed by atoms with Crippen molar-refractivity contribution in [2.45, 2.75) is 32.6 Å². The van der Waals surface area contributed by atoms with Crippen LogP contribution < -0.4 is 15.8 Å². The lowest BCUT2D eigenvalue weighted by atomic mass is 9.86. The molecule has 0 atom stereocenters. The molecule has 1 rings (SSSR count). The summed E-state index contributed by atoms with van der Waals surface area (Å²) < 4.78 is 5.87. The van der Waals surface area contributed by atoms with Crippen molar-refractivity contribution < 1.29 is 4.74 Å². The van der Waals surface area contributed by atoms with E-state index in [4.69, 9.17) is 22.1 Å². The molecule has 19 heavy (non-hydrogen) atoms. The molecule has 4 heteroatoms. The Morgan fingerprint density at radius 1 is 1.26 bits per heavy atom. The van der Waals surface area contributed by atoms with Crippen LogP contribution in [0.5, 0.6) is 5.75 Å². The Hall–Kier alpha value is -0.770. The molecule has 0 aromatic heterocycles. The summed E-state index contributed by atoms with van der Waals surface area (Å²) in [5, 5.41) is 4.00. The Morgan fingerprint density at radius 2 is 2.00 bits per heavy atom. The third kappa shape index (κ3) is 5.81. The lowest BCUT2D eigenvalue weighted by Gasteiger charge is -2.23. The molecular weight excluding hydrogens is 260 g/mol. The van der Waals surface area contributed by atoms with Gasteiger partial charge in [0.15, 0.2) is 0 Å². The van der Waals surface area contributed by atoms with Crippen molar-refractivity contribution in [3.8, 4) is 5.75 Å². The van der Waals surface area contributed by atoms with Crippen molar-refractivity contribution in [1.29, 1.82) is 0 Å². The lowest BCUT2D eigenvalue weighted by molar-refractivity contribution is 0.300. The van der Waals surface area contributed by atoms with Gasteiger partial charge in [0.25, 0.3) is 0 Å². The SMILES string of the molecule is CC(C)(C)c1cc(Cl)ccc1OCCCNCCN.